The number of rotatable bonds is 7. The largest absolute Gasteiger partial charge is 0.388 e. The van der Waals surface area contributed by atoms with Crippen molar-refractivity contribution in [2.45, 2.75) is 38.8 Å². The van der Waals surface area contributed by atoms with Crippen LogP contribution in [0, 0.1) is 5.82 Å². The summed E-state index contributed by atoms with van der Waals surface area (Å²) < 4.78 is 13.0. The molecule has 0 aliphatic carbocycles. The molecular weight excluding hydrogens is 275 g/mol. The Labute approximate surface area is 123 Å². The molecule has 2 amide bonds. The molecule has 116 valence electrons. The van der Waals surface area contributed by atoms with E-state index < -0.39 is 11.9 Å². The third-order valence-corrected chi connectivity index (χ3v) is 2.74. The topological polar surface area (TPSA) is 78.4 Å². The van der Waals surface area contributed by atoms with Gasteiger partial charge in [0.15, 0.2) is 0 Å². The van der Waals surface area contributed by atoms with E-state index in [0.717, 1.165) is 0 Å². The average Bonchev–Trinajstić information content (AvgIpc) is 2.37. The minimum absolute atomic E-state index is 0.0583. The Morgan fingerprint density at radius 3 is 2.62 bits per heavy atom. The molecule has 0 spiro atoms. The minimum Gasteiger partial charge on any atom is -0.388 e. The summed E-state index contributed by atoms with van der Waals surface area (Å²) in [5.41, 5.74) is 0.350. The number of benzene rings is 1. The highest BCUT2D eigenvalue weighted by Gasteiger charge is 2.13. The lowest BCUT2D eigenvalue weighted by Crippen LogP contribution is -2.34. The molecule has 1 rings (SSSR count). The van der Waals surface area contributed by atoms with Crippen LogP contribution in [0.15, 0.2) is 24.3 Å². The summed E-state index contributed by atoms with van der Waals surface area (Å²) >= 11 is 0. The van der Waals surface area contributed by atoms with Crippen LogP contribution in [0.2, 0.25) is 0 Å². The molecule has 5 nitrogen and oxygen atoms in total. The molecule has 0 radical (unpaired) electrons. The molecule has 0 bridgehead atoms. The fraction of sp³-hybridized carbons (Fsp3) is 0.467. The van der Waals surface area contributed by atoms with Crippen molar-refractivity contribution in [2.75, 3.05) is 6.54 Å². The maximum Gasteiger partial charge on any atom is 0.222 e. The molecule has 0 aromatic heterocycles. The van der Waals surface area contributed by atoms with E-state index in [9.17, 15) is 19.1 Å². The van der Waals surface area contributed by atoms with Crippen LogP contribution in [0.25, 0.3) is 0 Å². The van der Waals surface area contributed by atoms with E-state index in [-0.39, 0.29) is 37.2 Å². The van der Waals surface area contributed by atoms with Crippen molar-refractivity contribution < 1.29 is 19.1 Å². The van der Waals surface area contributed by atoms with Gasteiger partial charge >= 0.3 is 0 Å². The quantitative estimate of drug-likeness (QED) is 0.709. The van der Waals surface area contributed by atoms with Gasteiger partial charge in [0, 0.05) is 19.0 Å². The number of amides is 2. The summed E-state index contributed by atoms with van der Waals surface area (Å²) in [4.78, 5) is 23.0. The van der Waals surface area contributed by atoms with Crippen molar-refractivity contribution >= 4 is 11.8 Å². The Hall–Kier alpha value is -1.95. The highest BCUT2D eigenvalue weighted by atomic mass is 19.1. The van der Waals surface area contributed by atoms with E-state index in [0.29, 0.717) is 5.56 Å². The zero-order chi connectivity index (χ0) is 15.8. The van der Waals surface area contributed by atoms with Crippen LogP contribution in [0.3, 0.4) is 0 Å². The predicted octanol–water partition coefficient (Wildman–Crippen LogP) is 1.28. The maximum absolute atomic E-state index is 13.0. The van der Waals surface area contributed by atoms with E-state index >= 15 is 0 Å². The molecule has 0 aliphatic heterocycles. The predicted molar refractivity (Wildman–Crippen MR) is 76.9 cm³/mol. The first-order chi connectivity index (χ1) is 9.88. The van der Waals surface area contributed by atoms with Crippen molar-refractivity contribution in [2.24, 2.45) is 0 Å². The third kappa shape index (κ3) is 6.85. The molecule has 6 heteroatoms. The molecular formula is C15H21FN2O3. The molecule has 0 heterocycles. The molecule has 0 saturated heterocycles. The lowest BCUT2D eigenvalue weighted by atomic mass is 10.1. The summed E-state index contributed by atoms with van der Waals surface area (Å²) in [5, 5.41) is 15.1. The van der Waals surface area contributed by atoms with Gasteiger partial charge in [0.25, 0.3) is 0 Å². The Morgan fingerprint density at radius 1 is 1.29 bits per heavy atom. The van der Waals surface area contributed by atoms with Gasteiger partial charge in [0.1, 0.15) is 5.82 Å². The highest BCUT2D eigenvalue weighted by molar-refractivity contribution is 5.79. The highest BCUT2D eigenvalue weighted by Crippen LogP contribution is 2.17. The molecule has 1 unspecified atom stereocenters. The van der Waals surface area contributed by atoms with Crippen LogP contribution in [-0.4, -0.2) is 29.5 Å². The van der Waals surface area contributed by atoms with Crippen LogP contribution in [0.4, 0.5) is 4.39 Å². The van der Waals surface area contributed by atoms with Gasteiger partial charge in [-0.3, -0.25) is 9.59 Å². The monoisotopic (exact) mass is 296 g/mol. The maximum atomic E-state index is 13.0. The molecule has 0 aliphatic rings. The van der Waals surface area contributed by atoms with E-state index in [1.165, 1.54) is 18.2 Å². The molecule has 21 heavy (non-hydrogen) atoms. The molecule has 0 fully saturated rings. The number of nitrogens with one attached hydrogen (secondary N) is 2. The number of carbonyl (C=O) groups is 2. The second-order valence-corrected chi connectivity index (χ2v) is 5.10. The molecule has 1 aromatic rings. The Bertz CT molecular complexity index is 492. The van der Waals surface area contributed by atoms with Gasteiger partial charge in [-0.25, -0.2) is 4.39 Å². The van der Waals surface area contributed by atoms with Gasteiger partial charge in [0.2, 0.25) is 11.8 Å². The standard InChI is InChI=1S/C15H21FN2O3/c1-10(2)18-14(20)6-7-17-15(21)9-13(19)11-4-3-5-12(16)8-11/h3-5,8,10,13,19H,6-7,9H2,1-2H3,(H,17,21)(H,18,20). The molecule has 1 atom stereocenters. The van der Waals surface area contributed by atoms with Crippen LogP contribution in [-0.2, 0) is 9.59 Å². The Kier molecular flexibility index (Phi) is 6.81. The van der Waals surface area contributed by atoms with Crippen molar-refractivity contribution in [3.8, 4) is 0 Å². The van der Waals surface area contributed by atoms with Gasteiger partial charge in [-0.1, -0.05) is 12.1 Å². The fourth-order valence-electron chi connectivity index (χ4n) is 1.79. The first-order valence-corrected chi connectivity index (χ1v) is 6.88. The lowest BCUT2D eigenvalue weighted by Gasteiger charge is -2.12. The number of aliphatic hydroxyl groups is 1. The summed E-state index contributed by atoms with van der Waals surface area (Å²) in [6.45, 7) is 3.91. The molecule has 1 aromatic carbocycles. The number of carbonyl (C=O) groups excluding carboxylic acids is 2. The van der Waals surface area contributed by atoms with Crippen molar-refractivity contribution in [3.05, 3.63) is 35.6 Å². The summed E-state index contributed by atoms with van der Waals surface area (Å²) in [7, 11) is 0. The summed E-state index contributed by atoms with van der Waals surface area (Å²) in [5.74, 6) is -0.989. The average molecular weight is 296 g/mol. The van der Waals surface area contributed by atoms with Gasteiger partial charge in [0.05, 0.1) is 12.5 Å². The van der Waals surface area contributed by atoms with Crippen molar-refractivity contribution in [1.82, 2.24) is 10.6 Å². The second kappa shape index (κ2) is 8.36. The van der Waals surface area contributed by atoms with E-state index in [4.69, 9.17) is 0 Å². The zero-order valence-corrected chi connectivity index (χ0v) is 12.2. The number of halogens is 1. The number of aliphatic hydroxyl groups excluding tert-OH is 1. The van der Waals surface area contributed by atoms with Crippen molar-refractivity contribution in [3.63, 3.8) is 0 Å². The van der Waals surface area contributed by atoms with E-state index in [2.05, 4.69) is 10.6 Å². The van der Waals surface area contributed by atoms with Gasteiger partial charge in [-0.05, 0) is 31.5 Å². The normalized spacial score (nSPS) is 12.0. The lowest BCUT2D eigenvalue weighted by molar-refractivity contribution is -0.123. The summed E-state index contributed by atoms with van der Waals surface area (Å²) in [6.07, 6.45) is -1.06. The van der Waals surface area contributed by atoms with Gasteiger partial charge < -0.3 is 15.7 Å². The van der Waals surface area contributed by atoms with Crippen molar-refractivity contribution in [1.29, 1.82) is 0 Å². The van der Waals surface area contributed by atoms with Gasteiger partial charge in [-0.15, -0.1) is 0 Å². The Balaban J connectivity index is 2.32. The van der Waals surface area contributed by atoms with Crippen LogP contribution in [0.1, 0.15) is 38.4 Å². The number of hydrogen-bond acceptors (Lipinski definition) is 3. The smallest absolute Gasteiger partial charge is 0.222 e. The Morgan fingerprint density at radius 2 is 2.00 bits per heavy atom. The molecule has 3 N–H and O–H groups in total. The first-order valence-electron chi connectivity index (χ1n) is 6.88. The number of hydrogen-bond donors (Lipinski definition) is 3. The van der Waals surface area contributed by atoms with Crippen LogP contribution in [0.5, 0.6) is 0 Å². The zero-order valence-electron chi connectivity index (χ0n) is 12.2. The SMILES string of the molecule is CC(C)NC(=O)CCNC(=O)CC(O)c1cccc(F)c1. The summed E-state index contributed by atoms with van der Waals surface area (Å²) in [6, 6.07) is 5.54. The van der Waals surface area contributed by atoms with Crippen LogP contribution < -0.4 is 10.6 Å². The van der Waals surface area contributed by atoms with Gasteiger partial charge in [-0.2, -0.15) is 0 Å². The van der Waals surface area contributed by atoms with Crippen LogP contribution >= 0.6 is 0 Å². The van der Waals surface area contributed by atoms with E-state index in [1.807, 2.05) is 13.8 Å². The second-order valence-electron chi connectivity index (χ2n) is 5.10. The minimum atomic E-state index is -1.06. The molecule has 0 saturated carbocycles. The first kappa shape index (κ1) is 17.1. The fourth-order valence-corrected chi connectivity index (χ4v) is 1.79. The van der Waals surface area contributed by atoms with E-state index in [1.54, 1.807) is 6.07 Å². The third-order valence-electron chi connectivity index (χ3n) is 2.74.